The van der Waals surface area contributed by atoms with Gasteiger partial charge in [-0.15, -0.1) is 0 Å². The van der Waals surface area contributed by atoms with Crippen molar-refractivity contribution in [3.8, 4) is 5.75 Å². The molecule has 1 heterocycles. The van der Waals surface area contributed by atoms with E-state index in [4.69, 9.17) is 4.74 Å². The van der Waals surface area contributed by atoms with Crippen LogP contribution in [0.4, 0.5) is 5.69 Å². The van der Waals surface area contributed by atoms with Gasteiger partial charge in [-0.1, -0.05) is 19.9 Å². The lowest BCUT2D eigenvalue weighted by molar-refractivity contribution is 0.289. The van der Waals surface area contributed by atoms with Crippen molar-refractivity contribution >= 4 is 5.69 Å². The minimum Gasteiger partial charge on any atom is -0.496 e. The Kier molecular flexibility index (Phi) is 5.83. The van der Waals surface area contributed by atoms with Crippen LogP contribution in [-0.2, 0) is 20.1 Å². The van der Waals surface area contributed by atoms with Crippen LogP contribution in [0.15, 0.2) is 30.6 Å². The average molecular weight is 302 g/mol. The lowest BCUT2D eigenvalue weighted by Crippen LogP contribution is -2.22. The predicted octanol–water partition coefficient (Wildman–Crippen LogP) is 2.88. The van der Waals surface area contributed by atoms with E-state index in [9.17, 15) is 0 Å². The van der Waals surface area contributed by atoms with Gasteiger partial charge in [0.15, 0.2) is 0 Å². The van der Waals surface area contributed by atoms with Gasteiger partial charge in [-0.2, -0.15) is 5.10 Å². The van der Waals surface area contributed by atoms with E-state index in [1.807, 2.05) is 19.4 Å². The van der Waals surface area contributed by atoms with E-state index in [0.29, 0.717) is 0 Å². The summed E-state index contributed by atoms with van der Waals surface area (Å²) in [6.45, 7) is 8.14. The number of anilines is 1. The van der Waals surface area contributed by atoms with Gasteiger partial charge in [0.1, 0.15) is 5.75 Å². The Morgan fingerprint density at radius 2 is 2.05 bits per heavy atom. The maximum absolute atomic E-state index is 5.50. The molecule has 0 bridgehead atoms. The molecule has 0 spiro atoms. The van der Waals surface area contributed by atoms with Crippen LogP contribution in [0.25, 0.3) is 0 Å². The maximum atomic E-state index is 5.50. The van der Waals surface area contributed by atoms with E-state index in [1.165, 1.54) is 11.1 Å². The summed E-state index contributed by atoms with van der Waals surface area (Å²) in [5, 5.41) is 7.55. The number of methoxy groups -OCH3 is 1. The molecular weight excluding hydrogens is 276 g/mol. The Morgan fingerprint density at radius 3 is 2.64 bits per heavy atom. The van der Waals surface area contributed by atoms with Gasteiger partial charge < -0.3 is 10.1 Å². The number of rotatable bonds is 8. The normalized spacial score (nSPS) is 11.0. The summed E-state index contributed by atoms with van der Waals surface area (Å²) in [6.07, 6.45) is 3.81. The van der Waals surface area contributed by atoms with Crippen molar-refractivity contribution in [2.45, 2.75) is 26.9 Å². The molecule has 0 saturated carbocycles. The smallest absolute Gasteiger partial charge is 0.123 e. The molecule has 0 aliphatic carbocycles. The molecule has 0 fully saturated rings. The molecule has 0 unspecified atom stereocenters. The lowest BCUT2D eigenvalue weighted by atomic mass is 10.1. The summed E-state index contributed by atoms with van der Waals surface area (Å²) >= 11 is 0. The molecule has 0 atom stereocenters. The Balaban J connectivity index is 2.08. The third-order valence-corrected chi connectivity index (χ3v) is 3.83. The molecule has 120 valence electrons. The fourth-order valence-corrected chi connectivity index (χ4v) is 2.47. The van der Waals surface area contributed by atoms with Crippen molar-refractivity contribution in [3.63, 3.8) is 0 Å². The van der Waals surface area contributed by atoms with Crippen molar-refractivity contribution in [2.24, 2.45) is 7.05 Å². The van der Waals surface area contributed by atoms with Crippen LogP contribution >= 0.6 is 0 Å². The van der Waals surface area contributed by atoms with Crippen LogP contribution in [0.2, 0.25) is 0 Å². The van der Waals surface area contributed by atoms with Crippen molar-refractivity contribution in [1.82, 2.24) is 14.7 Å². The van der Waals surface area contributed by atoms with Gasteiger partial charge in [0, 0.05) is 31.9 Å². The summed E-state index contributed by atoms with van der Waals surface area (Å²) in [5.74, 6) is 0.956. The number of benzene rings is 1. The molecule has 0 aliphatic heterocycles. The highest BCUT2D eigenvalue weighted by Gasteiger charge is 2.08. The Morgan fingerprint density at radius 1 is 1.27 bits per heavy atom. The standard InChI is InChI=1S/C17H26N4O/c1-5-21(6-2)12-15-9-14(7-8-17(15)22-4)10-18-16-11-19-20(3)13-16/h7-9,11,13,18H,5-6,10,12H2,1-4H3. The van der Waals surface area contributed by atoms with Gasteiger partial charge in [0.25, 0.3) is 0 Å². The Hall–Kier alpha value is -2.01. The average Bonchev–Trinajstić information content (AvgIpc) is 2.96. The minimum atomic E-state index is 0.779. The number of aromatic nitrogens is 2. The zero-order valence-electron chi connectivity index (χ0n) is 14.0. The molecule has 5 heteroatoms. The number of nitrogens with one attached hydrogen (secondary N) is 1. The van der Waals surface area contributed by atoms with Crippen LogP contribution in [-0.4, -0.2) is 34.9 Å². The van der Waals surface area contributed by atoms with Gasteiger partial charge in [-0.25, -0.2) is 0 Å². The van der Waals surface area contributed by atoms with Gasteiger partial charge in [-0.05, 0) is 30.8 Å². The van der Waals surface area contributed by atoms with Crippen LogP contribution < -0.4 is 10.1 Å². The Labute approximate surface area is 132 Å². The molecule has 2 rings (SSSR count). The van der Waals surface area contributed by atoms with Gasteiger partial charge in [0.2, 0.25) is 0 Å². The molecule has 0 aliphatic rings. The molecule has 1 aromatic carbocycles. The predicted molar refractivity (Wildman–Crippen MR) is 90.2 cm³/mol. The van der Waals surface area contributed by atoms with E-state index in [0.717, 1.165) is 37.6 Å². The zero-order chi connectivity index (χ0) is 15.9. The molecule has 2 aromatic rings. The second-order valence-electron chi connectivity index (χ2n) is 5.36. The number of ether oxygens (including phenoxy) is 1. The van der Waals surface area contributed by atoms with Crippen molar-refractivity contribution in [2.75, 3.05) is 25.5 Å². The van der Waals surface area contributed by atoms with Crippen LogP contribution in [0, 0.1) is 0 Å². The first-order chi connectivity index (χ1) is 10.7. The Bertz CT molecular complexity index is 590. The summed E-state index contributed by atoms with van der Waals surface area (Å²) < 4.78 is 7.29. The zero-order valence-corrected chi connectivity index (χ0v) is 14.0. The second-order valence-corrected chi connectivity index (χ2v) is 5.36. The van der Waals surface area contributed by atoms with E-state index >= 15 is 0 Å². The van der Waals surface area contributed by atoms with Gasteiger partial charge in [0.05, 0.1) is 19.0 Å². The highest BCUT2D eigenvalue weighted by molar-refractivity contribution is 5.42. The second kappa shape index (κ2) is 7.84. The number of nitrogens with zero attached hydrogens (tertiary/aromatic N) is 3. The number of aryl methyl sites for hydroxylation is 1. The van der Waals surface area contributed by atoms with Crippen LogP contribution in [0.5, 0.6) is 5.75 Å². The molecule has 5 nitrogen and oxygen atoms in total. The van der Waals surface area contributed by atoms with Gasteiger partial charge in [-0.3, -0.25) is 9.58 Å². The molecule has 0 radical (unpaired) electrons. The third kappa shape index (κ3) is 4.24. The minimum absolute atomic E-state index is 0.779. The first-order valence-electron chi connectivity index (χ1n) is 7.76. The first kappa shape index (κ1) is 16.4. The highest BCUT2D eigenvalue weighted by Crippen LogP contribution is 2.22. The quantitative estimate of drug-likeness (QED) is 0.814. The number of hydrogen-bond donors (Lipinski definition) is 1. The fourth-order valence-electron chi connectivity index (χ4n) is 2.47. The lowest BCUT2D eigenvalue weighted by Gasteiger charge is -2.20. The van der Waals surface area contributed by atoms with E-state index < -0.39 is 0 Å². The molecule has 1 aromatic heterocycles. The number of hydrogen-bond acceptors (Lipinski definition) is 4. The summed E-state index contributed by atoms with van der Waals surface area (Å²) in [6, 6.07) is 6.38. The monoisotopic (exact) mass is 302 g/mol. The molecule has 22 heavy (non-hydrogen) atoms. The van der Waals surface area contributed by atoms with Crippen molar-refractivity contribution < 1.29 is 4.74 Å². The van der Waals surface area contributed by atoms with E-state index in [1.54, 1.807) is 11.8 Å². The maximum Gasteiger partial charge on any atom is 0.123 e. The molecule has 0 amide bonds. The molecular formula is C17H26N4O. The summed E-state index contributed by atoms with van der Waals surface area (Å²) in [7, 11) is 3.65. The van der Waals surface area contributed by atoms with Gasteiger partial charge >= 0.3 is 0 Å². The summed E-state index contributed by atoms with van der Waals surface area (Å²) in [5.41, 5.74) is 3.51. The SMILES string of the molecule is CCN(CC)Cc1cc(CNc2cnn(C)c2)ccc1OC. The summed E-state index contributed by atoms with van der Waals surface area (Å²) in [4.78, 5) is 2.39. The largest absolute Gasteiger partial charge is 0.496 e. The molecule has 1 N–H and O–H groups in total. The fraction of sp³-hybridized carbons (Fsp3) is 0.471. The molecule has 0 saturated heterocycles. The van der Waals surface area contributed by atoms with E-state index in [2.05, 4.69) is 47.4 Å². The van der Waals surface area contributed by atoms with Crippen LogP contribution in [0.1, 0.15) is 25.0 Å². The van der Waals surface area contributed by atoms with E-state index in [-0.39, 0.29) is 0 Å². The van der Waals surface area contributed by atoms with Crippen molar-refractivity contribution in [1.29, 1.82) is 0 Å². The third-order valence-electron chi connectivity index (χ3n) is 3.83. The topological polar surface area (TPSA) is 42.3 Å². The van der Waals surface area contributed by atoms with Crippen molar-refractivity contribution in [3.05, 3.63) is 41.7 Å². The first-order valence-corrected chi connectivity index (χ1v) is 7.76. The highest BCUT2D eigenvalue weighted by atomic mass is 16.5. The van der Waals surface area contributed by atoms with Crippen LogP contribution in [0.3, 0.4) is 0 Å².